The fraction of sp³-hybridized carbons (Fsp3) is 0.333. The lowest BCUT2D eigenvalue weighted by Crippen LogP contribution is -2.49. The minimum Gasteiger partial charge on any atom is -0.480 e. The maximum absolute atomic E-state index is 13.2. The van der Waals surface area contributed by atoms with Gasteiger partial charge in [0.1, 0.15) is 6.04 Å². The third-order valence-corrected chi connectivity index (χ3v) is 5.27. The summed E-state index contributed by atoms with van der Waals surface area (Å²) in [6.07, 6.45) is 0.520. The van der Waals surface area contributed by atoms with Gasteiger partial charge in [0.05, 0.1) is 5.92 Å². The molecule has 6 heteroatoms. The Balaban J connectivity index is 2.27. The van der Waals surface area contributed by atoms with Gasteiger partial charge in [-0.05, 0) is 24.5 Å². The molecule has 0 aliphatic rings. The zero-order chi connectivity index (χ0) is 19.8. The third kappa shape index (κ3) is 6.04. The van der Waals surface area contributed by atoms with Crippen molar-refractivity contribution in [1.29, 1.82) is 0 Å². The number of carboxylic acids is 1. The number of rotatable bonds is 9. The van der Waals surface area contributed by atoms with E-state index < -0.39 is 17.9 Å². The number of hydrogen-bond donors (Lipinski definition) is 3. The second-order valence-corrected chi connectivity index (χ2v) is 7.29. The molecule has 2 rings (SSSR count). The van der Waals surface area contributed by atoms with Gasteiger partial charge in [0.2, 0.25) is 5.91 Å². The Labute approximate surface area is 171 Å². The number of thiol groups is 2. The lowest BCUT2D eigenvalue weighted by Gasteiger charge is -2.31. The molecule has 2 aromatic carbocycles. The summed E-state index contributed by atoms with van der Waals surface area (Å²) in [4.78, 5) is 26.4. The maximum atomic E-state index is 13.2. The van der Waals surface area contributed by atoms with Crippen LogP contribution in [0.2, 0.25) is 0 Å². The molecule has 0 bridgehead atoms. The summed E-state index contributed by atoms with van der Waals surface area (Å²) >= 11 is 8.53. The van der Waals surface area contributed by atoms with E-state index in [1.165, 1.54) is 4.90 Å². The Kier molecular flexibility index (Phi) is 8.25. The minimum atomic E-state index is -1.05. The molecule has 0 heterocycles. The first kappa shape index (κ1) is 21.4. The standard InChI is InChI=1S/C21H25NO3S2/c1-15-7-9-17(10-8-15)12-22(19(14-27)21(24)25)20(23)18(13-26)11-16-5-3-2-4-6-16/h2-10,18-19,26-27H,11-14H2,1H3,(H,24,25)/t18?,19-/m1/s1. The van der Waals surface area contributed by atoms with Crippen LogP contribution in [-0.4, -0.2) is 39.4 Å². The van der Waals surface area contributed by atoms with E-state index in [1.54, 1.807) is 0 Å². The van der Waals surface area contributed by atoms with Crippen molar-refractivity contribution < 1.29 is 14.7 Å². The number of aryl methyl sites for hydroxylation is 1. The molecule has 27 heavy (non-hydrogen) atoms. The predicted octanol–water partition coefficient (Wildman–Crippen LogP) is 3.50. The van der Waals surface area contributed by atoms with Crippen molar-refractivity contribution in [1.82, 2.24) is 4.90 Å². The highest BCUT2D eigenvalue weighted by Crippen LogP contribution is 2.19. The van der Waals surface area contributed by atoms with E-state index in [4.69, 9.17) is 0 Å². The largest absolute Gasteiger partial charge is 0.480 e. The smallest absolute Gasteiger partial charge is 0.327 e. The van der Waals surface area contributed by atoms with Crippen molar-refractivity contribution in [3.05, 3.63) is 71.3 Å². The number of carbonyl (C=O) groups excluding carboxylic acids is 1. The van der Waals surface area contributed by atoms with E-state index in [0.717, 1.165) is 16.7 Å². The molecule has 2 atom stereocenters. The van der Waals surface area contributed by atoms with Crippen molar-refractivity contribution in [2.45, 2.75) is 25.9 Å². The molecule has 4 nitrogen and oxygen atoms in total. The van der Waals surface area contributed by atoms with Crippen molar-refractivity contribution in [3.8, 4) is 0 Å². The molecular formula is C21H25NO3S2. The molecule has 0 saturated heterocycles. The number of aliphatic carboxylic acids is 1. The number of hydrogen-bond acceptors (Lipinski definition) is 4. The summed E-state index contributed by atoms with van der Waals surface area (Å²) in [5.41, 5.74) is 3.02. The van der Waals surface area contributed by atoms with Crippen LogP contribution in [0, 0.1) is 12.8 Å². The third-order valence-electron chi connectivity index (χ3n) is 4.49. The molecule has 144 valence electrons. The van der Waals surface area contributed by atoms with Crippen molar-refractivity contribution in [2.75, 3.05) is 11.5 Å². The Morgan fingerprint density at radius 1 is 0.963 bits per heavy atom. The number of amides is 1. The zero-order valence-corrected chi connectivity index (χ0v) is 17.1. The SMILES string of the molecule is Cc1ccc(CN(C(=O)C(CS)Cc2ccccc2)[C@H](CS)C(=O)O)cc1. The molecule has 1 amide bonds. The van der Waals surface area contributed by atoms with E-state index in [9.17, 15) is 14.7 Å². The van der Waals surface area contributed by atoms with Crippen LogP contribution in [0.1, 0.15) is 16.7 Å². The molecule has 2 aromatic rings. The molecule has 0 aliphatic carbocycles. The zero-order valence-electron chi connectivity index (χ0n) is 15.3. The number of carbonyl (C=O) groups is 2. The molecule has 1 unspecified atom stereocenters. The summed E-state index contributed by atoms with van der Waals surface area (Å²) in [5.74, 6) is -1.27. The predicted molar refractivity (Wildman–Crippen MR) is 114 cm³/mol. The van der Waals surface area contributed by atoms with Gasteiger partial charge in [0, 0.05) is 18.1 Å². The van der Waals surface area contributed by atoms with Crippen LogP contribution in [0.15, 0.2) is 54.6 Å². The van der Waals surface area contributed by atoms with Crippen LogP contribution in [0.4, 0.5) is 0 Å². The van der Waals surface area contributed by atoms with E-state index in [0.29, 0.717) is 12.2 Å². The first-order valence-electron chi connectivity index (χ1n) is 8.80. The Morgan fingerprint density at radius 2 is 1.59 bits per heavy atom. The summed E-state index contributed by atoms with van der Waals surface area (Å²) in [6.45, 7) is 2.22. The van der Waals surface area contributed by atoms with Gasteiger partial charge >= 0.3 is 5.97 Å². The number of benzene rings is 2. The fourth-order valence-corrected chi connectivity index (χ4v) is 3.54. The van der Waals surface area contributed by atoms with Crippen LogP contribution in [0.25, 0.3) is 0 Å². The van der Waals surface area contributed by atoms with Gasteiger partial charge in [0.25, 0.3) is 0 Å². The van der Waals surface area contributed by atoms with Crippen LogP contribution < -0.4 is 0 Å². The number of carboxylic acid groups (broad SMARTS) is 1. The van der Waals surface area contributed by atoms with Gasteiger partial charge < -0.3 is 10.0 Å². The highest BCUT2D eigenvalue weighted by molar-refractivity contribution is 7.80. The van der Waals surface area contributed by atoms with Gasteiger partial charge in [-0.3, -0.25) is 4.79 Å². The monoisotopic (exact) mass is 403 g/mol. The molecule has 0 aliphatic heterocycles. The average Bonchev–Trinajstić information content (AvgIpc) is 2.67. The molecule has 0 saturated carbocycles. The Hall–Kier alpha value is -1.92. The molecule has 0 fully saturated rings. The Morgan fingerprint density at radius 3 is 2.11 bits per heavy atom. The van der Waals surface area contributed by atoms with E-state index in [1.807, 2.05) is 61.5 Å². The first-order valence-corrected chi connectivity index (χ1v) is 10.1. The highest BCUT2D eigenvalue weighted by atomic mass is 32.1. The summed E-state index contributed by atoms with van der Waals surface area (Å²) in [7, 11) is 0. The summed E-state index contributed by atoms with van der Waals surface area (Å²) < 4.78 is 0. The quantitative estimate of drug-likeness (QED) is 0.562. The molecule has 1 N–H and O–H groups in total. The van der Waals surface area contributed by atoms with Crippen LogP contribution in [0.3, 0.4) is 0 Å². The van der Waals surface area contributed by atoms with Gasteiger partial charge in [-0.2, -0.15) is 25.3 Å². The van der Waals surface area contributed by atoms with Crippen LogP contribution >= 0.6 is 25.3 Å². The topological polar surface area (TPSA) is 57.6 Å². The summed E-state index contributed by atoms with van der Waals surface area (Å²) in [5, 5.41) is 9.60. The molecule has 0 radical (unpaired) electrons. The maximum Gasteiger partial charge on any atom is 0.327 e. The van der Waals surface area contributed by atoms with Gasteiger partial charge in [0.15, 0.2) is 0 Å². The normalized spacial score (nSPS) is 13.0. The highest BCUT2D eigenvalue weighted by Gasteiger charge is 2.32. The van der Waals surface area contributed by atoms with Crippen molar-refractivity contribution in [3.63, 3.8) is 0 Å². The molecule has 0 spiro atoms. The van der Waals surface area contributed by atoms with Gasteiger partial charge in [-0.25, -0.2) is 4.79 Å². The lowest BCUT2D eigenvalue weighted by atomic mass is 9.98. The number of nitrogens with zero attached hydrogens (tertiary/aromatic N) is 1. The van der Waals surface area contributed by atoms with E-state index >= 15 is 0 Å². The molecule has 0 aromatic heterocycles. The van der Waals surface area contributed by atoms with Crippen molar-refractivity contribution >= 4 is 37.1 Å². The fourth-order valence-electron chi connectivity index (χ4n) is 2.90. The van der Waals surface area contributed by atoms with Gasteiger partial charge in [-0.15, -0.1) is 0 Å². The lowest BCUT2D eigenvalue weighted by molar-refractivity contribution is -0.151. The second kappa shape index (κ2) is 10.4. The summed E-state index contributed by atoms with van der Waals surface area (Å²) in [6, 6.07) is 16.4. The Bertz CT molecular complexity index is 750. The van der Waals surface area contributed by atoms with Crippen LogP contribution in [-0.2, 0) is 22.6 Å². The second-order valence-electron chi connectivity index (χ2n) is 6.56. The van der Waals surface area contributed by atoms with Crippen LogP contribution in [0.5, 0.6) is 0 Å². The van der Waals surface area contributed by atoms with Crippen molar-refractivity contribution in [2.24, 2.45) is 5.92 Å². The van der Waals surface area contributed by atoms with E-state index in [2.05, 4.69) is 25.3 Å². The molecular weight excluding hydrogens is 378 g/mol. The average molecular weight is 404 g/mol. The first-order chi connectivity index (χ1) is 13.0. The van der Waals surface area contributed by atoms with Gasteiger partial charge in [-0.1, -0.05) is 60.2 Å². The minimum absolute atomic E-state index is 0.0531. The van der Waals surface area contributed by atoms with E-state index in [-0.39, 0.29) is 18.2 Å².